The lowest BCUT2D eigenvalue weighted by molar-refractivity contribution is 0.102. The Morgan fingerprint density at radius 2 is 1.74 bits per heavy atom. The average molecular weight is 382 g/mol. The maximum absolute atomic E-state index is 12.5. The second-order valence-electron chi connectivity index (χ2n) is 5.85. The van der Waals surface area contributed by atoms with Gasteiger partial charge in [-0.25, -0.2) is 4.98 Å². The molecule has 5 nitrogen and oxygen atoms in total. The van der Waals surface area contributed by atoms with E-state index in [1.54, 1.807) is 41.7 Å². The number of anilines is 1. The number of thiazole rings is 1. The molecule has 140 valence electrons. The van der Waals surface area contributed by atoms with Crippen LogP contribution in [0.5, 0.6) is 11.5 Å². The Morgan fingerprint density at radius 3 is 2.37 bits per heavy atom. The van der Waals surface area contributed by atoms with Crippen molar-refractivity contribution >= 4 is 22.9 Å². The zero-order chi connectivity index (χ0) is 19.2. The molecule has 2 aromatic carbocycles. The topological polar surface area (TPSA) is 60.5 Å². The van der Waals surface area contributed by atoms with Gasteiger partial charge in [-0.15, -0.1) is 11.3 Å². The third-order valence-electron chi connectivity index (χ3n) is 3.81. The maximum atomic E-state index is 12.5. The van der Waals surface area contributed by atoms with Crippen LogP contribution in [0.15, 0.2) is 47.8 Å². The van der Waals surface area contributed by atoms with E-state index in [1.807, 2.05) is 38.3 Å². The SMILES string of the molecule is CCOc1ccc(NC(=O)c2ccc(-c3nc(C)cs3)cc2)cc1OCC. The summed E-state index contributed by atoms with van der Waals surface area (Å²) in [6.45, 7) is 6.87. The number of amides is 1. The van der Waals surface area contributed by atoms with Crippen LogP contribution in [0.25, 0.3) is 10.6 Å². The van der Waals surface area contributed by atoms with Crippen molar-refractivity contribution in [2.75, 3.05) is 18.5 Å². The summed E-state index contributed by atoms with van der Waals surface area (Å²) in [5.41, 5.74) is 3.24. The van der Waals surface area contributed by atoms with Gasteiger partial charge in [0.2, 0.25) is 0 Å². The molecule has 0 aliphatic heterocycles. The summed E-state index contributed by atoms with van der Waals surface area (Å²) in [6, 6.07) is 12.8. The second-order valence-corrected chi connectivity index (χ2v) is 6.71. The molecule has 1 heterocycles. The summed E-state index contributed by atoms with van der Waals surface area (Å²) < 4.78 is 11.2. The van der Waals surface area contributed by atoms with Crippen molar-refractivity contribution in [1.29, 1.82) is 0 Å². The molecule has 1 N–H and O–H groups in total. The molecule has 0 radical (unpaired) electrons. The molecule has 1 aromatic heterocycles. The van der Waals surface area contributed by atoms with Crippen LogP contribution in [0.1, 0.15) is 29.9 Å². The van der Waals surface area contributed by atoms with Crippen LogP contribution in [-0.2, 0) is 0 Å². The number of nitrogens with zero attached hydrogens (tertiary/aromatic N) is 1. The molecule has 0 aliphatic carbocycles. The van der Waals surface area contributed by atoms with E-state index in [-0.39, 0.29) is 5.91 Å². The first-order valence-corrected chi connectivity index (χ1v) is 9.72. The highest BCUT2D eigenvalue weighted by Gasteiger charge is 2.11. The number of carbonyl (C=O) groups excluding carboxylic acids is 1. The van der Waals surface area contributed by atoms with E-state index in [0.29, 0.717) is 36.0 Å². The fourth-order valence-electron chi connectivity index (χ4n) is 2.58. The van der Waals surface area contributed by atoms with Crippen LogP contribution in [0.3, 0.4) is 0 Å². The third-order valence-corrected chi connectivity index (χ3v) is 4.82. The zero-order valence-corrected chi connectivity index (χ0v) is 16.4. The van der Waals surface area contributed by atoms with Crippen molar-refractivity contribution in [3.63, 3.8) is 0 Å². The summed E-state index contributed by atoms with van der Waals surface area (Å²) in [5, 5.41) is 5.87. The van der Waals surface area contributed by atoms with Crippen LogP contribution < -0.4 is 14.8 Å². The van der Waals surface area contributed by atoms with Crippen molar-refractivity contribution in [3.05, 3.63) is 59.1 Å². The minimum absolute atomic E-state index is 0.177. The van der Waals surface area contributed by atoms with Gasteiger partial charge >= 0.3 is 0 Å². The van der Waals surface area contributed by atoms with E-state index in [2.05, 4.69) is 10.3 Å². The molecule has 0 aliphatic rings. The van der Waals surface area contributed by atoms with Gasteiger partial charge in [-0.3, -0.25) is 4.79 Å². The van der Waals surface area contributed by atoms with Crippen LogP contribution in [-0.4, -0.2) is 24.1 Å². The number of benzene rings is 2. The lowest BCUT2D eigenvalue weighted by Gasteiger charge is -2.13. The summed E-state index contributed by atoms with van der Waals surface area (Å²) >= 11 is 1.59. The minimum atomic E-state index is -0.177. The lowest BCUT2D eigenvalue weighted by Crippen LogP contribution is -2.12. The van der Waals surface area contributed by atoms with E-state index < -0.39 is 0 Å². The van der Waals surface area contributed by atoms with E-state index >= 15 is 0 Å². The van der Waals surface area contributed by atoms with E-state index in [4.69, 9.17) is 9.47 Å². The Kier molecular flexibility index (Phi) is 6.08. The number of aryl methyl sites for hydroxylation is 1. The molecule has 0 fully saturated rings. The monoisotopic (exact) mass is 382 g/mol. The summed E-state index contributed by atoms with van der Waals surface area (Å²) in [4.78, 5) is 17.0. The molecular formula is C21H22N2O3S. The van der Waals surface area contributed by atoms with Crippen molar-refractivity contribution in [2.45, 2.75) is 20.8 Å². The average Bonchev–Trinajstić information content (AvgIpc) is 3.11. The predicted molar refractivity (Wildman–Crippen MR) is 109 cm³/mol. The molecule has 1 amide bonds. The Labute approximate surface area is 163 Å². The largest absolute Gasteiger partial charge is 0.490 e. The van der Waals surface area contributed by atoms with Gasteiger partial charge in [-0.2, -0.15) is 0 Å². The normalized spacial score (nSPS) is 10.5. The molecule has 0 saturated carbocycles. The van der Waals surface area contributed by atoms with Gasteiger partial charge in [-0.1, -0.05) is 12.1 Å². The molecular weight excluding hydrogens is 360 g/mol. The number of carbonyl (C=O) groups is 1. The first-order valence-electron chi connectivity index (χ1n) is 8.84. The van der Waals surface area contributed by atoms with Gasteiger partial charge in [0.15, 0.2) is 11.5 Å². The smallest absolute Gasteiger partial charge is 0.255 e. The number of nitrogens with one attached hydrogen (secondary N) is 1. The maximum Gasteiger partial charge on any atom is 0.255 e. The van der Waals surface area contributed by atoms with E-state index in [0.717, 1.165) is 16.3 Å². The summed E-state index contributed by atoms with van der Waals surface area (Å²) in [5.74, 6) is 1.11. The van der Waals surface area contributed by atoms with Gasteiger partial charge in [0.05, 0.1) is 13.2 Å². The fraction of sp³-hybridized carbons (Fsp3) is 0.238. The number of hydrogen-bond donors (Lipinski definition) is 1. The van der Waals surface area contributed by atoms with Gasteiger partial charge in [-0.05, 0) is 45.0 Å². The van der Waals surface area contributed by atoms with Crippen LogP contribution in [0, 0.1) is 6.92 Å². The predicted octanol–water partition coefficient (Wildman–Crippen LogP) is 5.17. The van der Waals surface area contributed by atoms with Crippen molar-refractivity contribution in [3.8, 4) is 22.1 Å². The number of rotatable bonds is 7. The van der Waals surface area contributed by atoms with Gasteiger partial charge in [0.1, 0.15) is 5.01 Å². The third kappa shape index (κ3) is 4.65. The number of ether oxygens (including phenoxy) is 2. The molecule has 27 heavy (non-hydrogen) atoms. The van der Waals surface area contributed by atoms with E-state index in [1.165, 1.54) is 0 Å². The van der Waals surface area contributed by atoms with Crippen LogP contribution in [0.2, 0.25) is 0 Å². The standard InChI is InChI=1S/C21H22N2O3S/c1-4-25-18-11-10-17(12-19(18)26-5-2)23-20(24)15-6-8-16(9-7-15)21-22-14(3)13-27-21/h6-13H,4-5H2,1-3H3,(H,23,24). The summed E-state index contributed by atoms with van der Waals surface area (Å²) in [7, 11) is 0. The Hall–Kier alpha value is -2.86. The van der Waals surface area contributed by atoms with Gasteiger partial charge < -0.3 is 14.8 Å². The number of aromatic nitrogens is 1. The molecule has 0 unspecified atom stereocenters. The summed E-state index contributed by atoms with van der Waals surface area (Å²) in [6.07, 6.45) is 0. The second kappa shape index (κ2) is 8.68. The molecule has 0 saturated heterocycles. The molecule has 3 aromatic rings. The quantitative estimate of drug-likeness (QED) is 0.612. The van der Waals surface area contributed by atoms with Crippen molar-refractivity contribution < 1.29 is 14.3 Å². The highest BCUT2D eigenvalue weighted by atomic mass is 32.1. The molecule has 0 bridgehead atoms. The minimum Gasteiger partial charge on any atom is -0.490 e. The van der Waals surface area contributed by atoms with Gasteiger partial charge in [0, 0.05) is 34.0 Å². The first-order chi connectivity index (χ1) is 13.1. The molecule has 0 spiro atoms. The molecule has 0 atom stereocenters. The van der Waals surface area contributed by atoms with Gasteiger partial charge in [0.25, 0.3) is 5.91 Å². The van der Waals surface area contributed by atoms with E-state index in [9.17, 15) is 4.79 Å². The zero-order valence-electron chi connectivity index (χ0n) is 15.6. The first kappa shape index (κ1) is 18.9. The van der Waals surface area contributed by atoms with Crippen LogP contribution in [0.4, 0.5) is 5.69 Å². The lowest BCUT2D eigenvalue weighted by atomic mass is 10.1. The Balaban J connectivity index is 1.74. The van der Waals surface area contributed by atoms with Crippen molar-refractivity contribution in [1.82, 2.24) is 4.98 Å². The van der Waals surface area contributed by atoms with Crippen LogP contribution >= 0.6 is 11.3 Å². The Bertz CT molecular complexity index is 919. The van der Waals surface area contributed by atoms with Crippen molar-refractivity contribution in [2.24, 2.45) is 0 Å². The number of hydrogen-bond acceptors (Lipinski definition) is 5. The highest BCUT2D eigenvalue weighted by Crippen LogP contribution is 2.31. The Morgan fingerprint density at radius 1 is 1.04 bits per heavy atom. The molecule has 6 heteroatoms. The highest BCUT2D eigenvalue weighted by molar-refractivity contribution is 7.13. The fourth-order valence-corrected chi connectivity index (χ4v) is 3.39. The molecule has 3 rings (SSSR count).